The van der Waals surface area contributed by atoms with Crippen LogP contribution in [-0.2, 0) is 11.3 Å². The van der Waals surface area contributed by atoms with Crippen molar-refractivity contribution in [2.45, 2.75) is 30.2 Å². The lowest BCUT2D eigenvalue weighted by Crippen LogP contribution is -2.33. The van der Waals surface area contributed by atoms with Crippen LogP contribution in [0.1, 0.15) is 12.5 Å². The molecular formula is C19H17F4N5O2S. The molecule has 0 aliphatic rings. The zero-order valence-corrected chi connectivity index (χ0v) is 17.2. The molecule has 3 aromatic rings. The highest BCUT2D eigenvalue weighted by molar-refractivity contribution is 8.00. The van der Waals surface area contributed by atoms with Crippen LogP contribution in [0.2, 0.25) is 0 Å². The van der Waals surface area contributed by atoms with Crippen LogP contribution in [-0.4, -0.2) is 49.7 Å². The van der Waals surface area contributed by atoms with E-state index in [0.717, 1.165) is 23.9 Å². The Hall–Kier alpha value is -3.15. The van der Waals surface area contributed by atoms with Gasteiger partial charge in [-0.3, -0.25) is 4.79 Å². The molecule has 0 N–H and O–H groups in total. The van der Waals surface area contributed by atoms with Gasteiger partial charge in [-0.15, -0.1) is 18.3 Å². The number of benzene rings is 2. The molecule has 0 radical (unpaired) electrons. The van der Waals surface area contributed by atoms with Gasteiger partial charge in [0.1, 0.15) is 11.6 Å². The molecule has 31 heavy (non-hydrogen) atoms. The number of alkyl halides is 3. The molecule has 1 atom stereocenters. The minimum absolute atomic E-state index is 0.224. The first kappa shape index (κ1) is 22.5. The average Bonchev–Trinajstić information content (AvgIpc) is 3.14. The number of hydrogen-bond donors (Lipinski definition) is 0. The standard InChI is InChI=1S/C19H17F4N5O2S/c1-12(17(29)27(2)11-13-4-3-5-14(20)10-13)31-18-24-25-26-28(18)15-6-8-16(9-7-15)30-19(21,22)23/h3-10,12H,11H2,1-2H3. The summed E-state index contributed by atoms with van der Waals surface area (Å²) in [5.41, 5.74) is 1.05. The summed E-state index contributed by atoms with van der Waals surface area (Å²) in [5.74, 6) is -0.981. The predicted octanol–water partition coefficient (Wildman–Crippen LogP) is 3.84. The largest absolute Gasteiger partial charge is 0.573 e. The first-order chi connectivity index (χ1) is 14.6. The third-order valence-corrected chi connectivity index (χ3v) is 5.09. The minimum atomic E-state index is -4.79. The van der Waals surface area contributed by atoms with Gasteiger partial charge in [-0.2, -0.15) is 4.68 Å². The van der Waals surface area contributed by atoms with E-state index in [1.54, 1.807) is 26.1 Å². The van der Waals surface area contributed by atoms with Gasteiger partial charge in [0.05, 0.1) is 10.9 Å². The van der Waals surface area contributed by atoms with E-state index >= 15 is 0 Å². The van der Waals surface area contributed by atoms with Gasteiger partial charge in [-0.25, -0.2) is 4.39 Å². The second-order valence-electron chi connectivity index (χ2n) is 6.50. The van der Waals surface area contributed by atoms with E-state index in [-0.39, 0.29) is 29.2 Å². The lowest BCUT2D eigenvalue weighted by molar-refractivity contribution is -0.274. The molecular weight excluding hydrogens is 438 g/mol. The molecule has 12 heteroatoms. The summed E-state index contributed by atoms with van der Waals surface area (Å²) in [6.07, 6.45) is -4.79. The van der Waals surface area contributed by atoms with Gasteiger partial charge in [0, 0.05) is 13.6 Å². The Balaban J connectivity index is 1.67. The predicted molar refractivity (Wildman–Crippen MR) is 104 cm³/mol. The van der Waals surface area contributed by atoms with Gasteiger partial charge >= 0.3 is 6.36 Å². The maximum Gasteiger partial charge on any atom is 0.573 e. The van der Waals surface area contributed by atoms with Crippen LogP contribution < -0.4 is 4.74 Å². The quantitative estimate of drug-likeness (QED) is 0.398. The number of carbonyl (C=O) groups is 1. The number of carbonyl (C=O) groups excluding carboxylic acids is 1. The number of tetrazole rings is 1. The first-order valence-corrected chi connectivity index (χ1v) is 9.81. The second-order valence-corrected chi connectivity index (χ2v) is 7.81. The third-order valence-electron chi connectivity index (χ3n) is 4.07. The van der Waals surface area contributed by atoms with Gasteiger partial charge in [0.2, 0.25) is 11.1 Å². The molecule has 1 amide bonds. The zero-order chi connectivity index (χ0) is 22.6. The van der Waals surface area contributed by atoms with Crippen molar-refractivity contribution in [3.05, 3.63) is 59.9 Å². The molecule has 0 saturated heterocycles. The van der Waals surface area contributed by atoms with Crippen molar-refractivity contribution in [3.63, 3.8) is 0 Å². The number of amides is 1. The van der Waals surface area contributed by atoms with Gasteiger partial charge in [-0.05, 0) is 59.3 Å². The van der Waals surface area contributed by atoms with Gasteiger partial charge in [-0.1, -0.05) is 23.9 Å². The van der Waals surface area contributed by atoms with Crippen molar-refractivity contribution < 1.29 is 27.1 Å². The first-order valence-electron chi connectivity index (χ1n) is 8.93. The van der Waals surface area contributed by atoms with E-state index in [1.807, 2.05) is 0 Å². The Kier molecular flexibility index (Phi) is 6.78. The Morgan fingerprint density at radius 2 is 1.94 bits per heavy atom. The highest BCUT2D eigenvalue weighted by Crippen LogP contribution is 2.27. The Morgan fingerprint density at radius 1 is 1.23 bits per heavy atom. The fourth-order valence-corrected chi connectivity index (χ4v) is 3.63. The molecule has 1 heterocycles. The summed E-state index contributed by atoms with van der Waals surface area (Å²) in [5, 5.41) is 11.0. The molecule has 164 valence electrons. The van der Waals surface area contributed by atoms with Crippen LogP contribution in [0, 0.1) is 5.82 Å². The summed E-state index contributed by atoms with van der Waals surface area (Å²) in [6, 6.07) is 11.0. The molecule has 0 spiro atoms. The molecule has 7 nitrogen and oxygen atoms in total. The Morgan fingerprint density at radius 3 is 2.58 bits per heavy atom. The van der Waals surface area contributed by atoms with Crippen LogP contribution in [0.4, 0.5) is 17.6 Å². The number of nitrogens with zero attached hydrogens (tertiary/aromatic N) is 5. The van der Waals surface area contributed by atoms with E-state index in [2.05, 4.69) is 20.3 Å². The summed E-state index contributed by atoms with van der Waals surface area (Å²) in [6.45, 7) is 1.90. The number of hydrogen-bond acceptors (Lipinski definition) is 6. The maximum atomic E-state index is 13.3. The molecule has 1 unspecified atom stereocenters. The van der Waals surface area contributed by atoms with Crippen molar-refractivity contribution in [2.24, 2.45) is 0 Å². The van der Waals surface area contributed by atoms with Crippen LogP contribution >= 0.6 is 11.8 Å². The highest BCUT2D eigenvalue weighted by Gasteiger charge is 2.31. The smallest absolute Gasteiger partial charge is 0.406 e. The van der Waals surface area contributed by atoms with Gasteiger partial charge in [0.25, 0.3) is 0 Å². The molecule has 0 fully saturated rings. The van der Waals surface area contributed by atoms with Crippen molar-refractivity contribution in [1.82, 2.24) is 25.1 Å². The lowest BCUT2D eigenvalue weighted by Gasteiger charge is -2.21. The maximum absolute atomic E-state index is 13.3. The van der Waals surface area contributed by atoms with Crippen molar-refractivity contribution in [3.8, 4) is 11.4 Å². The van der Waals surface area contributed by atoms with E-state index < -0.39 is 11.6 Å². The SMILES string of the molecule is CC(Sc1nnnn1-c1ccc(OC(F)(F)F)cc1)C(=O)N(C)Cc1cccc(F)c1. The van der Waals surface area contributed by atoms with E-state index in [9.17, 15) is 22.4 Å². The number of aromatic nitrogens is 4. The molecule has 2 aromatic carbocycles. The highest BCUT2D eigenvalue weighted by atomic mass is 32.2. The van der Waals surface area contributed by atoms with E-state index in [4.69, 9.17) is 0 Å². The van der Waals surface area contributed by atoms with Crippen molar-refractivity contribution in [2.75, 3.05) is 7.05 Å². The fourth-order valence-electron chi connectivity index (χ4n) is 2.71. The number of halogens is 4. The summed E-state index contributed by atoms with van der Waals surface area (Å²) in [7, 11) is 1.60. The second kappa shape index (κ2) is 9.33. The summed E-state index contributed by atoms with van der Waals surface area (Å²) in [4.78, 5) is 14.2. The van der Waals surface area contributed by atoms with Crippen molar-refractivity contribution in [1.29, 1.82) is 0 Å². The number of rotatable bonds is 7. The summed E-state index contributed by atoms with van der Waals surface area (Å²) < 4.78 is 55.4. The van der Waals surface area contributed by atoms with Crippen molar-refractivity contribution >= 4 is 17.7 Å². The topological polar surface area (TPSA) is 73.1 Å². The van der Waals surface area contributed by atoms with E-state index in [0.29, 0.717) is 11.3 Å². The van der Waals surface area contributed by atoms with Gasteiger partial charge < -0.3 is 9.64 Å². The lowest BCUT2D eigenvalue weighted by atomic mass is 10.2. The Labute approximate surface area is 179 Å². The molecule has 0 bridgehead atoms. The monoisotopic (exact) mass is 455 g/mol. The molecule has 0 aliphatic carbocycles. The van der Waals surface area contributed by atoms with Crippen LogP contribution in [0.5, 0.6) is 5.75 Å². The Bertz CT molecular complexity index is 1040. The molecule has 3 rings (SSSR count). The number of thioether (sulfide) groups is 1. The third kappa shape index (κ3) is 6.17. The molecule has 0 aliphatic heterocycles. The van der Waals surface area contributed by atoms with E-state index in [1.165, 1.54) is 33.8 Å². The summed E-state index contributed by atoms with van der Waals surface area (Å²) >= 11 is 1.09. The minimum Gasteiger partial charge on any atom is -0.406 e. The molecule has 1 aromatic heterocycles. The number of ether oxygens (including phenoxy) is 1. The van der Waals surface area contributed by atoms with Crippen LogP contribution in [0.15, 0.2) is 53.7 Å². The van der Waals surface area contributed by atoms with Crippen LogP contribution in [0.3, 0.4) is 0 Å². The van der Waals surface area contributed by atoms with Crippen LogP contribution in [0.25, 0.3) is 5.69 Å². The fraction of sp³-hybridized carbons (Fsp3) is 0.263. The molecule has 0 saturated carbocycles. The normalized spacial score (nSPS) is 12.5. The zero-order valence-electron chi connectivity index (χ0n) is 16.4. The van der Waals surface area contributed by atoms with Gasteiger partial charge in [0.15, 0.2) is 0 Å². The average molecular weight is 455 g/mol.